The molecule has 1 aromatic rings. The van der Waals surface area contributed by atoms with E-state index in [0.717, 1.165) is 17.5 Å². The molecule has 2 rings (SSSR count). The van der Waals surface area contributed by atoms with E-state index < -0.39 is 16.0 Å². The number of carboxylic acid groups (broad SMARTS) is 1. The van der Waals surface area contributed by atoms with Gasteiger partial charge in [0, 0.05) is 18.2 Å². The molecule has 16 heavy (non-hydrogen) atoms. The normalized spacial score (nSPS) is 19.7. The van der Waals surface area contributed by atoms with Crippen molar-refractivity contribution in [2.24, 2.45) is 0 Å². The first-order valence-electron chi connectivity index (χ1n) is 4.76. The number of carboxylic acids is 1. The van der Waals surface area contributed by atoms with Crippen molar-refractivity contribution in [3.8, 4) is 0 Å². The molecule has 0 radical (unpaired) electrons. The first-order valence-corrected chi connectivity index (χ1v) is 6.65. The first kappa shape index (κ1) is 11.2. The van der Waals surface area contributed by atoms with Gasteiger partial charge in [0.05, 0.1) is 6.26 Å². The molecule has 0 saturated carbocycles. The van der Waals surface area contributed by atoms with Crippen molar-refractivity contribution in [3.05, 3.63) is 23.0 Å². The number of sulfonamides is 1. The molecule has 7 heteroatoms. The van der Waals surface area contributed by atoms with E-state index in [4.69, 9.17) is 5.11 Å². The number of H-pyrrole nitrogens is 1. The highest BCUT2D eigenvalue weighted by Crippen LogP contribution is 2.23. The molecule has 0 amide bonds. The number of hydrogen-bond donors (Lipinski definition) is 3. The summed E-state index contributed by atoms with van der Waals surface area (Å²) < 4.78 is 24.5. The largest absolute Gasteiger partial charge is 0.477 e. The maximum absolute atomic E-state index is 11.0. The maximum Gasteiger partial charge on any atom is 0.352 e. The molecule has 88 valence electrons. The SMILES string of the molecule is CS(=O)(=O)N[C@@H]1Cc2cc(C(=O)O)[nH]c2C1. The number of carbonyl (C=O) groups is 1. The zero-order valence-corrected chi connectivity index (χ0v) is 9.47. The minimum Gasteiger partial charge on any atom is -0.477 e. The third kappa shape index (κ3) is 2.25. The number of aromatic amines is 1. The van der Waals surface area contributed by atoms with Gasteiger partial charge in [0.2, 0.25) is 10.0 Å². The van der Waals surface area contributed by atoms with Crippen LogP contribution in [0.2, 0.25) is 0 Å². The average molecular weight is 244 g/mol. The number of aromatic carboxylic acids is 1. The lowest BCUT2D eigenvalue weighted by Crippen LogP contribution is -2.34. The van der Waals surface area contributed by atoms with E-state index in [2.05, 4.69) is 9.71 Å². The van der Waals surface area contributed by atoms with Gasteiger partial charge in [0.1, 0.15) is 5.69 Å². The molecule has 1 aliphatic rings. The molecule has 6 nitrogen and oxygen atoms in total. The van der Waals surface area contributed by atoms with Crippen LogP contribution < -0.4 is 4.72 Å². The van der Waals surface area contributed by atoms with Crippen molar-refractivity contribution in [1.29, 1.82) is 0 Å². The van der Waals surface area contributed by atoms with E-state index in [1.165, 1.54) is 0 Å². The topological polar surface area (TPSA) is 99.3 Å². The molecule has 1 heterocycles. The molecule has 3 N–H and O–H groups in total. The summed E-state index contributed by atoms with van der Waals surface area (Å²) in [5.74, 6) is -0.998. The van der Waals surface area contributed by atoms with Gasteiger partial charge in [-0.25, -0.2) is 17.9 Å². The summed E-state index contributed by atoms with van der Waals surface area (Å²) in [6.45, 7) is 0. The highest BCUT2D eigenvalue weighted by atomic mass is 32.2. The molecular formula is C9H12N2O4S. The Morgan fingerprint density at radius 2 is 2.25 bits per heavy atom. The van der Waals surface area contributed by atoms with Gasteiger partial charge < -0.3 is 10.1 Å². The summed E-state index contributed by atoms with van der Waals surface area (Å²) in [6, 6.07) is 1.39. The summed E-state index contributed by atoms with van der Waals surface area (Å²) in [6.07, 6.45) is 2.16. The number of hydrogen-bond acceptors (Lipinski definition) is 3. The van der Waals surface area contributed by atoms with Crippen molar-refractivity contribution in [1.82, 2.24) is 9.71 Å². The second kappa shape index (κ2) is 3.60. The molecule has 1 aromatic heterocycles. The smallest absolute Gasteiger partial charge is 0.352 e. The van der Waals surface area contributed by atoms with Gasteiger partial charge >= 0.3 is 5.97 Å². The molecule has 0 aromatic carbocycles. The molecule has 0 unspecified atom stereocenters. The van der Waals surface area contributed by atoms with Crippen molar-refractivity contribution in [2.75, 3.05) is 6.26 Å². The van der Waals surface area contributed by atoms with E-state index in [1.807, 2.05) is 0 Å². The summed E-state index contributed by atoms with van der Waals surface area (Å²) in [5.41, 5.74) is 1.83. The zero-order chi connectivity index (χ0) is 11.9. The van der Waals surface area contributed by atoms with E-state index in [-0.39, 0.29) is 11.7 Å². The van der Waals surface area contributed by atoms with Gasteiger partial charge in [0.25, 0.3) is 0 Å². The fourth-order valence-electron chi connectivity index (χ4n) is 1.99. The highest BCUT2D eigenvalue weighted by molar-refractivity contribution is 7.88. The minimum atomic E-state index is -3.21. The lowest BCUT2D eigenvalue weighted by atomic mass is 10.2. The van der Waals surface area contributed by atoms with E-state index in [0.29, 0.717) is 12.8 Å². The van der Waals surface area contributed by atoms with Gasteiger partial charge in [-0.3, -0.25) is 0 Å². The van der Waals surface area contributed by atoms with Crippen LogP contribution >= 0.6 is 0 Å². The Morgan fingerprint density at radius 1 is 1.56 bits per heavy atom. The van der Waals surface area contributed by atoms with Crippen LogP contribution in [0.5, 0.6) is 0 Å². The van der Waals surface area contributed by atoms with Crippen LogP contribution in [0.4, 0.5) is 0 Å². The molecule has 0 fully saturated rings. The minimum absolute atomic E-state index is 0.155. The molecule has 0 aliphatic heterocycles. The summed E-state index contributed by atoms with van der Waals surface area (Å²) in [7, 11) is -3.21. The monoisotopic (exact) mass is 244 g/mol. The van der Waals surface area contributed by atoms with Crippen LogP contribution in [0.25, 0.3) is 0 Å². The number of aromatic nitrogens is 1. The predicted octanol–water partition coefficient (Wildman–Crippen LogP) is -0.271. The van der Waals surface area contributed by atoms with Crippen molar-refractivity contribution >= 4 is 16.0 Å². The molecule has 0 saturated heterocycles. The van der Waals surface area contributed by atoms with Gasteiger partial charge in [-0.15, -0.1) is 0 Å². The van der Waals surface area contributed by atoms with Crippen LogP contribution in [-0.4, -0.2) is 36.8 Å². The van der Waals surface area contributed by atoms with Crippen molar-refractivity contribution < 1.29 is 18.3 Å². The zero-order valence-electron chi connectivity index (χ0n) is 8.65. The Hall–Kier alpha value is -1.34. The van der Waals surface area contributed by atoms with E-state index in [9.17, 15) is 13.2 Å². The Kier molecular flexibility index (Phi) is 2.51. The fourth-order valence-corrected chi connectivity index (χ4v) is 2.76. The van der Waals surface area contributed by atoms with Crippen molar-refractivity contribution in [2.45, 2.75) is 18.9 Å². The van der Waals surface area contributed by atoms with Gasteiger partial charge in [-0.1, -0.05) is 0 Å². The molecule has 0 bridgehead atoms. The molecule has 1 atom stereocenters. The van der Waals surface area contributed by atoms with Gasteiger partial charge in [0.15, 0.2) is 0 Å². The first-order chi connectivity index (χ1) is 7.35. The second-order valence-corrected chi connectivity index (χ2v) is 5.77. The van der Waals surface area contributed by atoms with Crippen LogP contribution in [0.15, 0.2) is 6.07 Å². The Balaban J connectivity index is 2.12. The highest BCUT2D eigenvalue weighted by Gasteiger charge is 2.26. The quantitative estimate of drug-likeness (QED) is 0.681. The van der Waals surface area contributed by atoms with Crippen LogP contribution in [0.3, 0.4) is 0 Å². The number of rotatable bonds is 3. The second-order valence-electron chi connectivity index (χ2n) is 3.99. The molecule has 0 spiro atoms. The number of nitrogens with one attached hydrogen (secondary N) is 2. The van der Waals surface area contributed by atoms with E-state index >= 15 is 0 Å². The Morgan fingerprint density at radius 3 is 2.75 bits per heavy atom. The third-order valence-electron chi connectivity index (χ3n) is 2.52. The van der Waals surface area contributed by atoms with Crippen LogP contribution in [0, 0.1) is 0 Å². The lowest BCUT2D eigenvalue weighted by molar-refractivity contribution is 0.0691. The average Bonchev–Trinajstić information content (AvgIpc) is 2.56. The summed E-state index contributed by atoms with van der Waals surface area (Å²) in [5, 5.41) is 8.75. The van der Waals surface area contributed by atoms with Crippen molar-refractivity contribution in [3.63, 3.8) is 0 Å². The number of fused-ring (bicyclic) bond motifs is 1. The van der Waals surface area contributed by atoms with Crippen LogP contribution in [-0.2, 0) is 22.9 Å². The lowest BCUT2D eigenvalue weighted by Gasteiger charge is -2.09. The van der Waals surface area contributed by atoms with Gasteiger partial charge in [-0.05, 0) is 18.1 Å². The summed E-state index contributed by atoms with van der Waals surface area (Å²) in [4.78, 5) is 13.4. The summed E-state index contributed by atoms with van der Waals surface area (Å²) >= 11 is 0. The van der Waals surface area contributed by atoms with Gasteiger partial charge in [-0.2, -0.15) is 0 Å². The Labute approximate surface area is 92.7 Å². The third-order valence-corrected chi connectivity index (χ3v) is 3.28. The van der Waals surface area contributed by atoms with Crippen LogP contribution in [0.1, 0.15) is 21.7 Å². The van der Waals surface area contributed by atoms with E-state index in [1.54, 1.807) is 6.07 Å². The predicted molar refractivity (Wildman–Crippen MR) is 56.9 cm³/mol. The molecule has 1 aliphatic carbocycles. The molecular weight excluding hydrogens is 232 g/mol. The Bertz CT molecular complexity index is 508. The standard InChI is InChI=1S/C9H12N2O4S/c1-16(14,15)11-6-2-5-3-8(9(12)13)10-7(5)4-6/h3,6,10-11H,2,4H2,1H3,(H,12,13)/t6-/m1/s1. The fraction of sp³-hybridized carbons (Fsp3) is 0.444. The maximum atomic E-state index is 11.0.